The fraction of sp³-hybridized carbons (Fsp3) is 0.370. The molecule has 1 saturated carbocycles. The van der Waals surface area contributed by atoms with Gasteiger partial charge in [-0.1, -0.05) is 105 Å². The van der Waals surface area contributed by atoms with Crippen LogP contribution in [0.2, 0.25) is 10.1 Å². The molecule has 5 aromatic rings. The zero-order valence-electron chi connectivity index (χ0n) is 34.6. The number of nitrogens with zero attached hydrogens (tertiary/aromatic N) is 4. The molecule has 3 heterocycles. The Hall–Kier alpha value is -4.76. The summed E-state index contributed by atoms with van der Waals surface area (Å²) >= 11 is 5.90. The quantitative estimate of drug-likeness (QED) is 0.131. The van der Waals surface area contributed by atoms with E-state index in [1.54, 1.807) is 33.8 Å². The molecular weight excluding hydrogens is 841 g/mol. The van der Waals surface area contributed by atoms with Gasteiger partial charge in [0.15, 0.2) is 9.84 Å². The molecule has 2 amide bonds. The van der Waals surface area contributed by atoms with Gasteiger partial charge >= 0.3 is 6.18 Å². The number of sulfone groups is 1. The number of aromatic nitrogens is 2. The van der Waals surface area contributed by atoms with Crippen molar-refractivity contribution in [3.63, 3.8) is 0 Å². The molecule has 15 heteroatoms. The maximum absolute atomic E-state index is 15.0. The monoisotopic (exact) mass is 888 g/mol. The van der Waals surface area contributed by atoms with Gasteiger partial charge in [-0.25, -0.2) is 8.42 Å². The third kappa shape index (κ3) is 7.74. The second-order valence-electron chi connectivity index (χ2n) is 17.5. The molecule has 1 aliphatic carbocycles. The van der Waals surface area contributed by atoms with Gasteiger partial charge in [-0.15, -0.1) is 0 Å². The Bertz CT molecular complexity index is 2540. The molecule has 0 saturated heterocycles. The van der Waals surface area contributed by atoms with E-state index in [0.29, 0.717) is 24.1 Å². The maximum atomic E-state index is 15.0. The van der Waals surface area contributed by atoms with Crippen LogP contribution >= 0.6 is 11.6 Å². The second-order valence-corrected chi connectivity index (χ2v) is 24.4. The van der Waals surface area contributed by atoms with Crippen LogP contribution in [0, 0.1) is 0 Å². The zero-order valence-corrected chi connectivity index (χ0v) is 37.2. The molecule has 8 rings (SSSR count). The number of benzene rings is 4. The molecule has 320 valence electrons. The fourth-order valence-corrected chi connectivity index (χ4v) is 15.5. The van der Waals surface area contributed by atoms with Crippen molar-refractivity contribution < 1.29 is 35.6 Å². The van der Waals surface area contributed by atoms with Gasteiger partial charge in [-0.05, 0) is 78.0 Å². The van der Waals surface area contributed by atoms with Crippen LogP contribution in [-0.4, -0.2) is 72.6 Å². The average molecular weight is 890 g/mol. The lowest BCUT2D eigenvalue weighted by atomic mass is 9.96. The molecule has 1 fully saturated rings. The molecule has 0 spiro atoms. The highest BCUT2D eigenvalue weighted by molar-refractivity contribution is 7.92. The first-order valence-electron chi connectivity index (χ1n) is 20.5. The van der Waals surface area contributed by atoms with E-state index in [-0.39, 0.29) is 58.5 Å². The second kappa shape index (κ2) is 15.9. The fourth-order valence-electron chi connectivity index (χ4n) is 9.02. The lowest BCUT2D eigenvalue weighted by molar-refractivity contribution is -0.137. The molecule has 9 nitrogen and oxygen atoms in total. The van der Waals surface area contributed by atoms with Gasteiger partial charge in [0, 0.05) is 30.1 Å². The smallest absolute Gasteiger partial charge is 0.405 e. The van der Waals surface area contributed by atoms with Crippen LogP contribution in [0.25, 0.3) is 0 Å². The molecule has 0 bridgehead atoms. The SMILES string of the molecule is CC(c1ccc(S(=O)(=O)C2CC2)cc1)N1C[C@@H](CO[Si](c2ccccc2)(c2ccccc2)C(C)(C)C)n2nc3c(c2C1=O)CN(C(=O)c1ccc(Cl)c(C(F)(F)F)c1)[C@H](C)C3. The summed E-state index contributed by atoms with van der Waals surface area (Å²) in [6.07, 6.45) is -3.20. The summed E-state index contributed by atoms with van der Waals surface area (Å²) < 4.78 is 76.8. The number of hydrogen-bond acceptors (Lipinski definition) is 6. The molecule has 2 aliphatic heterocycles. The lowest BCUT2D eigenvalue weighted by Gasteiger charge is -2.45. The number of alkyl halides is 3. The number of halogens is 4. The van der Waals surface area contributed by atoms with Crippen LogP contribution in [0.4, 0.5) is 13.2 Å². The van der Waals surface area contributed by atoms with Crippen molar-refractivity contribution in [2.45, 2.75) is 99.9 Å². The molecule has 0 radical (unpaired) electrons. The lowest BCUT2D eigenvalue weighted by Crippen LogP contribution is -2.67. The van der Waals surface area contributed by atoms with Crippen molar-refractivity contribution >= 4 is 51.9 Å². The number of hydrogen-bond donors (Lipinski definition) is 0. The summed E-state index contributed by atoms with van der Waals surface area (Å²) in [6, 6.07) is 28.9. The maximum Gasteiger partial charge on any atom is 0.417 e. The molecule has 0 N–H and O–H groups in total. The Labute approximate surface area is 360 Å². The summed E-state index contributed by atoms with van der Waals surface area (Å²) in [6.45, 7) is 10.6. The molecule has 1 unspecified atom stereocenters. The minimum absolute atomic E-state index is 0.0569. The van der Waals surface area contributed by atoms with Crippen molar-refractivity contribution in [3.8, 4) is 0 Å². The first-order chi connectivity index (χ1) is 28.8. The first kappa shape index (κ1) is 42.9. The van der Waals surface area contributed by atoms with E-state index in [0.717, 1.165) is 28.1 Å². The summed E-state index contributed by atoms with van der Waals surface area (Å²) in [5, 5.41) is 6.04. The minimum atomic E-state index is -4.76. The zero-order chi connectivity index (χ0) is 43.6. The summed E-state index contributed by atoms with van der Waals surface area (Å²) in [4.78, 5) is 32.5. The van der Waals surface area contributed by atoms with Gasteiger partial charge in [0.1, 0.15) is 5.69 Å². The van der Waals surface area contributed by atoms with Gasteiger partial charge in [-0.3, -0.25) is 14.3 Å². The highest BCUT2D eigenvalue weighted by atomic mass is 35.5. The van der Waals surface area contributed by atoms with E-state index in [1.807, 2.05) is 50.2 Å². The van der Waals surface area contributed by atoms with E-state index in [2.05, 4.69) is 45.0 Å². The molecule has 61 heavy (non-hydrogen) atoms. The average Bonchev–Trinajstić information content (AvgIpc) is 4.03. The van der Waals surface area contributed by atoms with Crippen LogP contribution < -0.4 is 10.4 Å². The Balaban J connectivity index is 1.20. The Morgan fingerprint density at radius 1 is 0.934 bits per heavy atom. The minimum Gasteiger partial charge on any atom is -0.405 e. The van der Waals surface area contributed by atoms with E-state index < -0.39 is 58.9 Å². The van der Waals surface area contributed by atoms with Gasteiger partial charge in [0.2, 0.25) is 0 Å². The first-order valence-corrected chi connectivity index (χ1v) is 24.3. The van der Waals surface area contributed by atoms with Crippen LogP contribution in [0.3, 0.4) is 0 Å². The normalized spacial score (nSPS) is 19.1. The van der Waals surface area contributed by atoms with Crippen molar-refractivity contribution in [2.75, 3.05) is 13.2 Å². The Morgan fingerprint density at radius 2 is 1.54 bits per heavy atom. The van der Waals surface area contributed by atoms with Crippen molar-refractivity contribution in [1.82, 2.24) is 19.6 Å². The summed E-state index contributed by atoms with van der Waals surface area (Å²) in [5.41, 5.74) is 0.915. The highest BCUT2D eigenvalue weighted by Gasteiger charge is 2.51. The number of rotatable bonds is 10. The molecule has 3 atom stereocenters. The number of fused-ring (bicyclic) bond motifs is 3. The van der Waals surface area contributed by atoms with Crippen molar-refractivity contribution in [1.29, 1.82) is 0 Å². The summed E-state index contributed by atoms with van der Waals surface area (Å²) in [5.74, 6) is -0.952. The number of carbonyl (C=O) groups excluding carboxylic acids is 2. The van der Waals surface area contributed by atoms with Crippen LogP contribution in [0.5, 0.6) is 0 Å². The number of amides is 2. The molecular formula is C46H48ClF3N4O5SSi. The molecule has 3 aliphatic rings. The van der Waals surface area contributed by atoms with E-state index in [4.69, 9.17) is 21.1 Å². The van der Waals surface area contributed by atoms with E-state index in [1.165, 1.54) is 11.0 Å². The van der Waals surface area contributed by atoms with Crippen molar-refractivity contribution in [3.05, 3.63) is 142 Å². The predicted molar refractivity (Wildman–Crippen MR) is 230 cm³/mol. The van der Waals surface area contributed by atoms with Gasteiger partial charge in [-0.2, -0.15) is 18.3 Å². The van der Waals surface area contributed by atoms with Crippen LogP contribution in [-0.2, 0) is 33.4 Å². The Morgan fingerprint density at radius 3 is 2.10 bits per heavy atom. The third-order valence-electron chi connectivity index (χ3n) is 12.5. The number of carbonyl (C=O) groups is 2. The third-order valence-corrected chi connectivity index (χ3v) is 20.1. The van der Waals surface area contributed by atoms with Crippen LogP contribution in [0.1, 0.15) is 103 Å². The van der Waals surface area contributed by atoms with E-state index >= 15 is 0 Å². The topological polar surface area (TPSA) is 102 Å². The van der Waals surface area contributed by atoms with Crippen LogP contribution in [0.15, 0.2) is 108 Å². The van der Waals surface area contributed by atoms with Gasteiger partial charge in [0.25, 0.3) is 20.1 Å². The standard InChI is InChI=1S/C46H48ClF3N4O5SSi/c1-29-24-41-38(27-52(29)43(55)32-18-23-40(47)39(25-32)46(48,49)50)42-44(56)53(30(2)31-16-19-34(20-17-31)60(57,58)35-21-22-35)26-33(54(42)51-41)28-59-61(45(3,4)5,36-12-8-6-9-13-36)37-14-10-7-11-15-37/h6-20,23,25,29-30,33,35H,21-22,24,26-28H2,1-5H3/t29-,30?,33+/m1/s1. The van der Waals surface area contributed by atoms with Crippen molar-refractivity contribution in [2.24, 2.45) is 0 Å². The highest BCUT2D eigenvalue weighted by Crippen LogP contribution is 2.41. The Kier molecular flexibility index (Phi) is 11.2. The predicted octanol–water partition coefficient (Wildman–Crippen LogP) is 8.41. The molecule has 1 aromatic heterocycles. The molecule has 4 aromatic carbocycles. The van der Waals surface area contributed by atoms with E-state index in [9.17, 15) is 31.2 Å². The largest absolute Gasteiger partial charge is 0.417 e. The van der Waals surface area contributed by atoms with Gasteiger partial charge in [0.05, 0.1) is 51.7 Å². The van der Waals surface area contributed by atoms with Gasteiger partial charge < -0.3 is 14.2 Å². The summed E-state index contributed by atoms with van der Waals surface area (Å²) in [7, 11) is -6.49.